The number of aromatic nitrogens is 2. The first-order valence-electron chi connectivity index (χ1n) is 6.57. The summed E-state index contributed by atoms with van der Waals surface area (Å²) in [7, 11) is 0. The molecule has 0 radical (unpaired) electrons. The Balaban J connectivity index is 1.77. The smallest absolute Gasteiger partial charge is 0.151 e. The molecule has 0 spiro atoms. The third kappa shape index (κ3) is 2.74. The highest BCUT2D eigenvalue weighted by atomic mass is 35.5. The predicted octanol–water partition coefficient (Wildman–Crippen LogP) is 3.34. The van der Waals surface area contributed by atoms with Crippen LogP contribution in [0.3, 0.4) is 0 Å². The van der Waals surface area contributed by atoms with Gasteiger partial charge in [-0.05, 0) is 30.9 Å². The van der Waals surface area contributed by atoms with E-state index in [9.17, 15) is 4.39 Å². The normalized spacial score (nSPS) is 15.3. The fraction of sp³-hybridized carbons (Fsp3) is 0.500. The minimum atomic E-state index is -0.304. The summed E-state index contributed by atoms with van der Waals surface area (Å²) in [5.74, 6) is 1.42. The molecule has 1 aliphatic rings. The van der Waals surface area contributed by atoms with E-state index in [1.807, 2.05) is 10.6 Å². The monoisotopic (exact) mass is 282 g/mol. The number of hydrogen-bond donors (Lipinski definition) is 0. The van der Waals surface area contributed by atoms with Gasteiger partial charge in [-0.3, -0.25) is 0 Å². The second kappa shape index (κ2) is 5.47. The first kappa shape index (κ1) is 12.9. The van der Waals surface area contributed by atoms with Crippen molar-refractivity contribution in [2.45, 2.75) is 25.3 Å². The summed E-state index contributed by atoms with van der Waals surface area (Å²) in [5, 5.41) is 0. The van der Waals surface area contributed by atoms with Crippen LogP contribution in [-0.4, -0.2) is 22.8 Å². The minimum absolute atomic E-state index is 0.275. The summed E-state index contributed by atoms with van der Waals surface area (Å²) in [6.45, 7) is 2.11. The lowest BCUT2D eigenvalue weighted by Crippen LogP contribution is -2.09. The molecular weight excluding hydrogens is 267 g/mol. The summed E-state index contributed by atoms with van der Waals surface area (Å²) < 4.78 is 21.2. The Morgan fingerprint density at radius 2 is 2.26 bits per heavy atom. The lowest BCUT2D eigenvalue weighted by atomic mass is 10.3. The van der Waals surface area contributed by atoms with Gasteiger partial charge in [-0.25, -0.2) is 9.37 Å². The number of alkyl halides is 1. The van der Waals surface area contributed by atoms with Crippen LogP contribution in [-0.2, 0) is 17.2 Å². The van der Waals surface area contributed by atoms with Crippen LogP contribution >= 0.6 is 11.6 Å². The second-order valence-electron chi connectivity index (χ2n) is 4.94. The van der Waals surface area contributed by atoms with Gasteiger partial charge < -0.3 is 9.30 Å². The molecule has 1 aromatic carbocycles. The maximum Gasteiger partial charge on any atom is 0.151 e. The lowest BCUT2D eigenvalue weighted by molar-refractivity contribution is 0.117. The van der Waals surface area contributed by atoms with Crippen molar-refractivity contribution in [2.75, 3.05) is 13.2 Å². The van der Waals surface area contributed by atoms with E-state index in [1.165, 1.54) is 18.9 Å². The van der Waals surface area contributed by atoms with E-state index in [4.69, 9.17) is 16.3 Å². The molecule has 102 valence electrons. The quantitative estimate of drug-likeness (QED) is 0.600. The highest BCUT2D eigenvalue weighted by Gasteiger charge is 2.21. The van der Waals surface area contributed by atoms with Crippen LogP contribution in [0, 0.1) is 11.7 Å². The molecule has 0 N–H and O–H groups in total. The summed E-state index contributed by atoms with van der Waals surface area (Å²) in [6.07, 6.45) is 2.57. The van der Waals surface area contributed by atoms with Crippen LogP contribution in [0.15, 0.2) is 18.2 Å². The maximum absolute atomic E-state index is 13.7. The Bertz CT molecular complexity index is 580. The number of halogens is 2. The topological polar surface area (TPSA) is 27.1 Å². The molecule has 0 unspecified atom stereocenters. The first-order chi connectivity index (χ1) is 9.29. The number of ether oxygens (including phenoxy) is 1. The molecule has 3 rings (SSSR count). The highest BCUT2D eigenvalue weighted by Crippen LogP contribution is 2.28. The lowest BCUT2D eigenvalue weighted by Gasteiger charge is -2.08. The van der Waals surface area contributed by atoms with Crippen molar-refractivity contribution >= 4 is 22.6 Å². The van der Waals surface area contributed by atoms with Crippen molar-refractivity contribution in [3.05, 3.63) is 29.8 Å². The molecular formula is C14H16ClFN2O. The van der Waals surface area contributed by atoms with Crippen LogP contribution in [0.1, 0.15) is 18.7 Å². The largest absolute Gasteiger partial charge is 0.379 e. The minimum Gasteiger partial charge on any atom is -0.379 e. The standard InChI is InChI=1S/C14H16ClFN2O/c15-8-13-17-14-11(16)2-1-3-12(14)18(13)6-7-19-9-10-4-5-10/h1-3,10H,4-9H2. The van der Waals surface area contributed by atoms with Crippen molar-refractivity contribution in [3.63, 3.8) is 0 Å². The van der Waals surface area contributed by atoms with Crippen molar-refractivity contribution in [1.82, 2.24) is 9.55 Å². The van der Waals surface area contributed by atoms with E-state index in [0.29, 0.717) is 24.5 Å². The van der Waals surface area contributed by atoms with Gasteiger partial charge in [0.15, 0.2) is 5.82 Å². The molecule has 1 heterocycles. The van der Waals surface area contributed by atoms with Crippen LogP contribution in [0.2, 0.25) is 0 Å². The van der Waals surface area contributed by atoms with Gasteiger partial charge in [0, 0.05) is 13.2 Å². The van der Waals surface area contributed by atoms with E-state index in [-0.39, 0.29) is 11.7 Å². The summed E-state index contributed by atoms with van der Waals surface area (Å²) in [4.78, 5) is 4.26. The zero-order chi connectivity index (χ0) is 13.2. The molecule has 19 heavy (non-hydrogen) atoms. The van der Waals surface area contributed by atoms with Gasteiger partial charge in [-0.2, -0.15) is 0 Å². The number of hydrogen-bond acceptors (Lipinski definition) is 2. The molecule has 0 amide bonds. The van der Waals surface area contributed by atoms with Crippen LogP contribution in [0.25, 0.3) is 11.0 Å². The maximum atomic E-state index is 13.7. The predicted molar refractivity (Wildman–Crippen MR) is 72.8 cm³/mol. The summed E-state index contributed by atoms with van der Waals surface area (Å²) in [5.41, 5.74) is 1.17. The Kier molecular flexibility index (Phi) is 3.71. The zero-order valence-electron chi connectivity index (χ0n) is 10.6. The van der Waals surface area contributed by atoms with E-state index < -0.39 is 0 Å². The van der Waals surface area contributed by atoms with E-state index in [1.54, 1.807) is 6.07 Å². The van der Waals surface area contributed by atoms with E-state index >= 15 is 0 Å². The summed E-state index contributed by atoms with van der Waals surface area (Å²) in [6, 6.07) is 4.97. The molecule has 0 saturated heterocycles. The third-order valence-electron chi connectivity index (χ3n) is 3.44. The zero-order valence-corrected chi connectivity index (χ0v) is 11.4. The van der Waals surface area contributed by atoms with Gasteiger partial charge in [-0.1, -0.05) is 6.07 Å². The molecule has 0 bridgehead atoms. The fourth-order valence-corrected chi connectivity index (χ4v) is 2.41. The van der Waals surface area contributed by atoms with Gasteiger partial charge in [-0.15, -0.1) is 11.6 Å². The highest BCUT2D eigenvalue weighted by molar-refractivity contribution is 6.16. The van der Waals surface area contributed by atoms with E-state index in [0.717, 1.165) is 18.0 Å². The number of benzene rings is 1. The molecule has 5 heteroatoms. The van der Waals surface area contributed by atoms with Crippen molar-refractivity contribution in [1.29, 1.82) is 0 Å². The van der Waals surface area contributed by atoms with Crippen molar-refractivity contribution in [3.8, 4) is 0 Å². The van der Waals surface area contributed by atoms with Gasteiger partial charge >= 0.3 is 0 Å². The molecule has 2 aromatic rings. The SMILES string of the molecule is Fc1cccc2c1nc(CCl)n2CCOCC1CC1. The van der Waals surface area contributed by atoms with Gasteiger partial charge in [0.25, 0.3) is 0 Å². The van der Waals surface area contributed by atoms with Gasteiger partial charge in [0.1, 0.15) is 11.3 Å². The second-order valence-corrected chi connectivity index (χ2v) is 5.21. The number of fused-ring (bicyclic) bond motifs is 1. The average molecular weight is 283 g/mol. The molecule has 1 aromatic heterocycles. The molecule has 1 aliphatic carbocycles. The van der Waals surface area contributed by atoms with Crippen molar-refractivity contribution in [2.24, 2.45) is 5.92 Å². The third-order valence-corrected chi connectivity index (χ3v) is 3.68. The van der Waals surface area contributed by atoms with E-state index in [2.05, 4.69) is 4.98 Å². The molecule has 0 aliphatic heterocycles. The van der Waals surface area contributed by atoms with Crippen LogP contribution in [0.5, 0.6) is 0 Å². The van der Waals surface area contributed by atoms with Gasteiger partial charge in [0.05, 0.1) is 18.0 Å². The number of rotatable bonds is 6. The summed E-state index contributed by atoms with van der Waals surface area (Å²) >= 11 is 5.88. The van der Waals surface area contributed by atoms with Gasteiger partial charge in [0.2, 0.25) is 0 Å². The Hall–Kier alpha value is -1.13. The average Bonchev–Trinajstić information content (AvgIpc) is 3.16. The fourth-order valence-electron chi connectivity index (χ4n) is 2.20. The molecule has 0 atom stereocenters. The number of para-hydroxylation sites is 1. The first-order valence-corrected chi connectivity index (χ1v) is 7.10. The molecule has 1 fully saturated rings. The Labute approximate surface area is 116 Å². The molecule has 3 nitrogen and oxygen atoms in total. The number of imidazole rings is 1. The Morgan fingerprint density at radius 3 is 3.00 bits per heavy atom. The van der Waals surface area contributed by atoms with Crippen LogP contribution in [0.4, 0.5) is 4.39 Å². The Morgan fingerprint density at radius 1 is 1.42 bits per heavy atom. The number of nitrogens with zero attached hydrogens (tertiary/aromatic N) is 2. The molecule has 1 saturated carbocycles. The van der Waals surface area contributed by atoms with Crippen LogP contribution < -0.4 is 0 Å². The van der Waals surface area contributed by atoms with Crippen molar-refractivity contribution < 1.29 is 9.13 Å².